The molecule has 1 aromatic rings. The van der Waals surface area contributed by atoms with Crippen molar-refractivity contribution in [3.8, 4) is 0 Å². The van der Waals surface area contributed by atoms with E-state index in [1.807, 2.05) is 13.8 Å². The molecule has 5 heteroatoms. The highest BCUT2D eigenvalue weighted by atomic mass is 32.2. The van der Waals surface area contributed by atoms with Gasteiger partial charge in [0.25, 0.3) is 10.1 Å². The predicted molar refractivity (Wildman–Crippen MR) is 69.8 cm³/mol. The van der Waals surface area contributed by atoms with E-state index in [4.69, 9.17) is 4.18 Å². The van der Waals surface area contributed by atoms with Crippen LogP contribution in [-0.4, -0.2) is 26.2 Å². The van der Waals surface area contributed by atoms with Crippen molar-refractivity contribution in [1.29, 1.82) is 0 Å². The third kappa shape index (κ3) is 4.76. The van der Waals surface area contributed by atoms with Crippen LogP contribution < -0.4 is 0 Å². The molecule has 18 heavy (non-hydrogen) atoms. The Bertz CT molecular complexity index is 450. The van der Waals surface area contributed by atoms with E-state index in [-0.39, 0.29) is 11.5 Å². The Morgan fingerprint density at radius 2 is 1.89 bits per heavy atom. The first-order valence-corrected chi connectivity index (χ1v) is 7.50. The van der Waals surface area contributed by atoms with Crippen molar-refractivity contribution in [3.05, 3.63) is 29.8 Å². The molecule has 0 aliphatic carbocycles. The second kappa shape index (κ2) is 6.87. The van der Waals surface area contributed by atoms with Gasteiger partial charge < -0.3 is 5.11 Å². The van der Waals surface area contributed by atoms with Gasteiger partial charge in [0.05, 0.1) is 17.6 Å². The minimum Gasteiger partial charge on any atom is -0.391 e. The molecule has 0 saturated heterocycles. The molecule has 102 valence electrons. The van der Waals surface area contributed by atoms with Crippen LogP contribution in [0.5, 0.6) is 0 Å². The van der Waals surface area contributed by atoms with Gasteiger partial charge in [-0.2, -0.15) is 8.42 Å². The van der Waals surface area contributed by atoms with Crippen molar-refractivity contribution >= 4 is 10.1 Å². The average Bonchev–Trinajstić information content (AvgIpc) is 2.34. The molecule has 0 saturated carbocycles. The van der Waals surface area contributed by atoms with Crippen LogP contribution in [0.2, 0.25) is 0 Å². The highest BCUT2D eigenvalue weighted by Gasteiger charge is 2.16. The quantitative estimate of drug-likeness (QED) is 0.773. The third-order valence-electron chi connectivity index (χ3n) is 2.62. The van der Waals surface area contributed by atoms with Crippen molar-refractivity contribution < 1.29 is 17.7 Å². The molecule has 0 aliphatic rings. The number of aliphatic hydroxyl groups is 1. The molecular formula is C13H20O4S. The van der Waals surface area contributed by atoms with Gasteiger partial charge in [-0.05, 0) is 25.5 Å². The van der Waals surface area contributed by atoms with Crippen molar-refractivity contribution in [2.24, 2.45) is 0 Å². The third-order valence-corrected chi connectivity index (χ3v) is 3.91. The monoisotopic (exact) mass is 272 g/mol. The maximum Gasteiger partial charge on any atom is 0.297 e. The summed E-state index contributed by atoms with van der Waals surface area (Å²) in [6.07, 6.45) is 1.64. The fraction of sp³-hybridized carbons (Fsp3) is 0.538. The van der Waals surface area contributed by atoms with Gasteiger partial charge >= 0.3 is 0 Å². The van der Waals surface area contributed by atoms with Gasteiger partial charge in [0.2, 0.25) is 0 Å². The molecule has 1 N–H and O–H groups in total. The predicted octanol–water partition coefficient (Wildman–Crippen LogP) is 2.25. The number of benzene rings is 1. The fourth-order valence-corrected chi connectivity index (χ4v) is 2.41. The Labute approximate surface area is 109 Å². The van der Waals surface area contributed by atoms with E-state index in [0.717, 1.165) is 18.4 Å². The van der Waals surface area contributed by atoms with Crippen LogP contribution in [0.1, 0.15) is 31.7 Å². The summed E-state index contributed by atoms with van der Waals surface area (Å²) in [6, 6.07) is 6.43. The van der Waals surface area contributed by atoms with Crippen LogP contribution in [0.3, 0.4) is 0 Å². The zero-order chi connectivity index (χ0) is 13.6. The molecule has 0 spiro atoms. The minimum atomic E-state index is -3.76. The topological polar surface area (TPSA) is 63.6 Å². The molecule has 0 unspecified atom stereocenters. The number of hydrogen-bond donors (Lipinski definition) is 1. The number of unbranched alkanes of at least 4 members (excludes halogenated alkanes) is 1. The fourth-order valence-electron chi connectivity index (χ4n) is 1.46. The van der Waals surface area contributed by atoms with Gasteiger partial charge in [-0.3, -0.25) is 4.18 Å². The molecule has 0 aliphatic heterocycles. The van der Waals surface area contributed by atoms with Gasteiger partial charge in [-0.1, -0.05) is 37.5 Å². The normalized spacial score (nSPS) is 13.5. The van der Waals surface area contributed by atoms with Crippen molar-refractivity contribution in [3.63, 3.8) is 0 Å². The van der Waals surface area contributed by atoms with Crippen LogP contribution in [-0.2, 0) is 14.3 Å². The Kier molecular flexibility index (Phi) is 5.78. The van der Waals surface area contributed by atoms with E-state index < -0.39 is 16.2 Å². The second-order valence-electron chi connectivity index (χ2n) is 4.35. The highest BCUT2D eigenvalue weighted by molar-refractivity contribution is 7.86. The minimum absolute atomic E-state index is 0.121. The molecular weight excluding hydrogens is 252 g/mol. The highest BCUT2D eigenvalue weighted by Crippen LogP contribution is 2.14. The maximum atomic E-state index is 11.8. The summed E-state index contributed by atoms with van der Waals surface area (Å²) in [4.78, 5) is 0.121. The van der Waals surface area contributed by atoms with Crippen LogP contribution in [0, 0.1) is 6.92 Å². The van der Waals surface area contributed by atoms with E-state index in [9.17, 15) is 13.5 Å². The molecule has 1 aromatic carbocycles. The summed E-state index contributed by atoms with van der Waals surface area (Å²) < 4.78 is 28.4. The Hall–Kier alpha value is -0.910. The summed E-state index contributed by atoms with van der Waals surface area (Å²) >= 11 is 0. The standard InChI is InChI=1S/C13H20O4S/c1-3-4-5-12(14)10-17-18(15,16)13-8-6-11(2)7-9-13/h6-9,12,14H,3-5,10H2,1-2H3/t12-/m1/s1. The second-order valence-corrected chi connectivity index (χ2v) is 5.96. The van der Waals surface area contributed by atoms with Crippen LogP contribution in [0.4, 0.5) is 0 Å². The molecule has 4 nitrogen and oxygen atoms in total. The van der Waals surface area contributed by atoms with E-state index in [1.54, 1.807) is 12.1 Å². The first kappa shape index (κ1) is 15.1. The van der Waals surface area contributed by atoms with E-state index in [2.05, 4.69) is 0 Å². The first-order valence-electron chi connectivity index (χ1n) is 6.10. The van der Waals surface area contributed by atoms with Gasteiger partial charge in [0.1, 0.15) is 0 Å². The lowest BCUT2D eigenvalue weighted by atomic mass is 10.2. The Morgan fingerprint density at radius 3 is 2.44 bits per heavy atom. The molecule has 1 atom stereocenters. The maximum absolute atomic E-state index is 11.8. The van der Waals surface area contributed by atoms with E-state index in [1.165, 1.54) is 12.1 Å². The molecule has 0 radical (unpaired) electrons. The number of aliphatic hydroxyl groups excluding tert-OH is 1. The average molecular weight is 272 g/mol. The first-order chi connectivity index (χ1) is 8.45. The lowest BCUT2D eigenvalue weighted by Gasteiger charge is -2.10. The zero-order valence-corrected chi connectivity index (χ0v) is 11.6. The summed E-state index contributed by atoms with van der Waals surface area (Å²) in [7, 11) is -3.76. The van der Waals surface area contributed by atoms with Crippen molar-refractivity contribution in [2.75, 3.05) is 6.61 Å². The summed E-state index contributed by atoms with van der Waals surface area (Å²) in [6.45, 7) is 3.71. The number of hydrogen-bond acceptors (Lipinski definition) is 4. The van der Waals surface area contributed by atoms with Crippen molar-refractivity contribution in [1.82, 2.24) is 0 Å². The molecule has 0 aromatic heterocycles. The lowest BCUT2D eigenvalue weighted by Crippen LogP contribution is -2.18. The van der Waals surface area contributed by atoms with E-state index >= 15 is 0 Å². The smallest absolute Gasteiger partial charge is 0.297 e. The molecule has 0 fully saturated rings. The van der Waals surface area contributed by atoms with Gasteiger partial charge in [-0.25, -0.2) is 0 Å². The van der Waals surface area contributed by atoms with Crippen molar-refractivity contribution in [2.45, 2.75) is 44.1 Å². The zero-order valence-electron chi connectivity index (χ0n) is 10.8. The summed E-state index contributed by atoms with van der Waals surface area (Å²) in [5.41, 5.74) is 0.983. The van der Waals surface area contributed by atoms with E-state index in [0.29, 0.717) is 6.42 Å². The van der Waals surface area contributed by atoms with Gasteiger partial charge in [0, 0.05) is 0 Å². The summed E-state index contributed by atoms with van der Waals surface area (Å²) in [5, 5.41) is 9.55. The Morgan fingerprint density at radius 1 is 1.28 bits per heavy atom. The molecule has 0 amide bonds. The van der Waals surface area contributed by atoms with Crippen LogP contribution in [0.25, 0.3) is 0 Å². The Balaban J connectivity index is 2.57. The molecule has 0 bridgehead atoms. The van der Waals surface area contributed by atoms with Crippen LogP contribution in [0.15, 0.2) is 29.2 Å². The largest absolute Gasteiger partial charge is 0.391 e. The number of aryl methyl sites for hydroxylation is 1. The SMILES string of the molecule is CCCC[C@@H](O)COS(=O)(=O)c1ccc(C)cc1. The molecule has 0 heterocycles. The number of rotatable bonds is 7. The van der Waals surface area contributed by atoms with Gasteiger partial charge in [0.15, 0.2) is 0 Å². The molecule has 1 rings (SSSR count). The lowest BCUT2D eigenvalue weighted by molar-refractivity contribution is 0.101. The van der Waals surface area contributed by atoms with Crippen LogP contribution >= 0.6 is 0 Å². The summed E-state index contributed by atoms with van der Waals surface area (Å²) in [5.74, 6) is 0. The van der Waals surface area contributed by atoms with Gasteiger partial charge in [-0.15, -0.1) is 0 Å².